The monoisotopic (exact) mass is 399 g/mol. The average molecular weight is 400 g/mol. The standard InChI is InChI=1S/C18H21N3OS.2ClH/c22-18(12-20-10-14-3-4-14)21-16-5-7-17(8-6-16)23-13-15-2-1-9-19-11-15;;/h1-2,5-9,11,14,20H,3-4,10,12-13H2,(H,21,22);2*1H. The highest BCUT2D eigenvalue weighted by Gasteiger charge is 2.20. The Hall–Kier alpha value is -1.27. The molecular weight excluding hydrogens is 377 g/mol. The molecule has 0 aliphatic heterocycles. The van der Waals surface area contributed by atoms with Crippen LogP contribution in [0.2, 0.25) is 0 Å². The van der Waals surface area contributed by atoms with E-state index in [9.17, 15) is 4.79 Å². The maximum absolute atomic E-state index is 11.8. The summed E-state index contributed by atoms with van der Waals surface area (Å²) in [6.45, 7) is 1.34. The van der Waals surface area contributed by atoms with Crippen molar-refractivity contribution in [2.75, 3.05) is 18.4 Å². The number of hydrogen-bond donors (Lipinski definition) is 2. The molecule has 136 valence electrons. The van der Waals surface area contributed by atoms with Gasteiger partial charge >= 0.3 is 0 Å². The highest BCUT2D eigenvalue weighted by atomic mass is 35.5. The summed E-state index contributed by atoms with van der Waals surface area (Å²) in [6.07, 6.45) is 6.26. The Morgan fingerprint density at radius 2 is 1.92 bits per heavy atom. The van der Waals surface area contributed by atoms with Gasteiger partial charge in [-0.2, -0.15) is 0 Å². The van der Waals surface area contributed by atoms with Crippen LogP contribution in [0, 0.1) is 5.92 Å². The van der Waals surface area contributed by atoms with E-state index in [1.807, 2.05) is 36.5 Å². The number of benzene rings is 1. The third-order valence-electron chi connectivity index (χ3n) is 3.68. The molecule has 1 saturated carbocycles. The van der Waals surface area contributed by atoms with E-state index in [0.29, 0.717) is 6.54 Å². The van der Waals surface area contributed by atoms with Gasteiger partial charge in [0.2, 0.25) is 5.91 Å². The second-order valence-corrected chi connectivity index (χ2v) is 6.85. The molecule has 0 saturated heterocycles. The molecule has 2 N–H and O–H groups in total. The minimum atomic E-state index is 0. The van der Waals surface area contributed by atoms with Gasteiger partial charge in [-0.1, -0.05) is 6.07 Å². The van der Waals surface area contributed by atoms with Crippen LogP contribution in [-0.4, -0.2) is 24.0 Å². The molecule has 0 radical (unpaired) electrons. The second-order valence-electron chi connectivity index (χ2n) is 5.80. The molecule has 0 atom stereocenters. The molecular formula is C18H23Cl2N3OS. The zero-order valence-electron chi connectivity index (χ0n) is 13.8. The highest BCUT2D eigenvalue weighted by Crippen LogP contribution is 2.27. The van der Waals surface area contributed by atoms with Crippen molar-refractivity contribution in [1.29, 1.82) is 0 Å². The molecule has 0 spiro atoms. The molecule has 7 heteroatoms. The summed E-state index contributed by atoms with van der Waals surface area (Å²) >= 11 is 1.76. The van der Waals surface area contributed by atoms with Gasteiger partial charge in [0.15, 0.2) is 0 Å². The van der Waals surface area contributed by atoms with Gasteiger partial charge in [0.1, 0.15) is 0 Å². The van der Waals surface area contributed by atoms with E-state index in [1.165, 1.54) is 23.3 Å². The van der Waals surface area contributed by atoms with Gasteiger partial charge in [0, 0.05) is 28.7 Å². The summed E-state index contributed by atoms with van der Waals surface area (Å²) in [6, 6.07) is 12.0. The Morgan fingerprint density at radius 1 is 1.16 bits per heavy atom. The number of nitrogens with zero attached hydrogens (tertiary/aromatic N) is 1. The van der Waals surface area contributed by atoms with Crippen LogP contribution in [-0.2, 0) is 10.5 Å². The van der Waals surface area contributed by atoms with Crippen molar-refractivity contribution < 1.29 is 4.79 Å². The SMILES string of the molecule is Cl.Cl.O=C(CNCC1CC1)Nc1ccc(SCc2cccnc2)cc1. The first-order valence-electron chi connectivity index (χ1n) is 7.92. The summed E-state index contributed by atoms with van der Waals surface area (Å²) < 4.78 is 0. The van der Waals surface area contributed by atoms with Crippen molar-refractivity contribution in [3.63, 3.8) is 0 Å². The van der Waals surface area contributed by atoms with Crippen LogP contribution in [0.4, 0.5) is 5.69 Å². The first-order chi connectivity index (χ1) is 11.3. The van der Waals surface area contributed by atoms with Gasteiger partial charge in [0.25, 0.3) is 0 Å². The zero-order valence-corrected chi connectivity index (χ0v) is 16.3. The van der Waals surface area contributed by atoms with Crippen molar-refractivity contribution in [1.82, 2.24) is 10.3 Å². The molecule has 1 aliphatic carbocycles. The highest BCUT2D eigenvalue weighted by molar-refractivity contribution is 7.98. The molecule has 0 unspecified atom stereocenters. The lowest BCUT2D eigenvalue weighted by molar-refractivity contribution is -0.115. The lowest BCUT2D eigenvalue weighted by atomic mass is 10.3. The molecule has 3 rings (SSSR count). The lowest BCUT2D eigenvalue weighted by Gasteiger charge is -2.07. The molecule has 1 heterocycles. The molecule has 1 amide bonds. The smallest absolute Gasteiger partial charge is 0.238 e. The third-order valence-corrected chi connectivity index (χ3v) is 4.77. The molecule has 4 nitrogen and oxygen atoms in total. The minimum Gasteiger partial charge on any atom is -0.325 e. The number of amides is 1. The Morgan fingerprint density at radius 3 is 2.56 bits per heavy atom. The predicted octanol–water partition coefficient (Wildman–Crippen LogP) is 4.16. The predicted molar refractivity (Wildman–Crippen MR) is 109 cm³/mol. The van der Waals surface area contributed by atoms with Crippen LogP contribution in [0.3, 0.4) is 0 Å². The number of aromatic nitrogens is 1. The van der Waals surface area contributed by atoms with Crippen LogP contribution < -0.4 is 10.6 Å². The summed E-state index contributed by atoms with van der Waals surface area (Å²) in [5.41, 5.74) is 2.05. The number of hydrogen-bond acceptors (Lipinski definition) is 4. The van der Waals surface area contributed by atoms with Crippen LogP contribution >= 0.6 is 36.6 Å². The van der Waals surface area contributed by atoms with Crippen LogP contribution in [0.5, 0.6) is 0 Å². The van der Waals surface area contributed by atoms with Crippen molar-refractivity contribution in [3.8, 4) is 0 Å². The molecule has 25 heavy (non-hydrogen) atoms. The van der Waals surface area contributed by atoms with E-state index in [1.54, 1.807) is 18.0 Å². The van der Waals surface area contributed by atoms with Gasteiger partial charge in [-0.15, -0.1) is 36.6 Å². The Balaban J connectivity index is 0.00000156. The molecule has 1 aromatic carbocycles. The largest absolute Gasteiger partial charge is 0.325 e. The van der Waals surface area contributed by atoms with Crippen molar-refractivity contribution in [3.05, 3.63) is 54.4 Å². The molecule has 2 aromatic rings. The van der Waals surface area contributed by atoms with Gasteiger partial charge in [0.05, 0.1) is 6.54 Å². The van der Waals surface area contributed by atoms with E-state index in [0.717, 1.165) is 23.9 Å². The number of pyridine rings is 1. The summed E-state index contributed by atoms with van der Waals surface area (Å²) in [4.78, 5) is 17.1. The fourth-order valence-corrected chi connectivity index (χ4v) is 3.03. The maximum atomic E-state index is 11.8. The summed E-state index contributed by atoms with van der Waals surface area (Å²) in [7, 11) is 0. The fraction of sp³-hybridized carbons (Fsp3) is 0.333. The van der Waals surface area contributed by atoms with Crippen molar-refractivity contribution in [2.24, 2.45) is 5.92 Å². The lowest BCUT2D eigenvalue weighted by Crippen LogP contribution is -2.29. The Bertz CT molecular complexity index is 637. The number of thioether (sulfide) groups is 1. The van der Waals surface area contributed by atoms with E-state index in [4.69, 9.17) is 0 Å². The quantitative estimate of drug-likeness (QED) is 0.654. The van der Waals surface area contributed by atoms with Gasteiger partial charge in [-0.25, -0.2) is 0 Å². The van der Waals surface area contributed by atoms with Crippen LogP contribution in [0.1, 0.15) is 18.4 Å². The van der Waals surface area contributed by atoms with Gasteiger partial charge in [-0.05, 0) is 61.2 Å². The Labute approximate surface area is 165 Å². The number of halogens is 2. The zero-order chi connectivity index (χ0) is 15.9. The average Bonchev–Trinajstić information content (AvgIpc) is 3.39. The van der Waals surface area contributed by atoms with Crippen LogP contribution in [0.15, 0.2) is 53.7 Å². The Kier molecular flexibility index (Phi) is 9.90. The number of nitrogens with one attached hydrogen (secondary N) is 2. The van der Waals surface area contributed by atoms with Crippen molar-refractivity contribution >= 4 is 48.2 Å². The fourth-order valence-electron chi connectivity index (χ4n) is 2.20. The van der Waals surface area contributed by atoms with E-state index in [-0.39, 0.29) is 30.7 Å². The molecule has 1 aromatic heterocycles. The third kappa shape index (κ3) is 8.10. The minimum absolute atomic E-state index is 0. The van der Waals surface area contributed by atoms with Gasteiger partial charge < -0.3 is 10.6 Å². The van der Waals surface area contributed by atoms with Crippen molar-refractivity contribution in [2.45, 2.75) is 23.5 Å². The van der Waals surface area contributed by atoms with Crippen LogP contribution in [0.25, 0.3) is 0 Å². The first kappa shape index (κ1) is 21.8. The van der Waals surface area contributed by atoms with E-state index in [2.05, 4.69) is 21.7 Å². The number of carbonyl (C=O) groups excluding carboxylic acids is 1. The maximum Gasteiger partial charge on any atom is 0.238 e. The first-order valence-corrected chi connectivity index (χ1v) is 8.90. The molecule has 0 bridgehead atoms. The molecule has 1 fully saturated rings. The summed E-state index contributed by atoms with van der Waals surface area (Å²) in [5.74, 6) is 1.70. The topological polar surface area (TPSA) is 54.0 Å². The second kappa shape index (κ2) is 11.4. The normalized spacial score (nSPS) is 12.6. The number of anilines is 1. The number of carbonyl (C=O) groups is 1. The number of rotatable bonds is 8. The molecule has 1 aliphatic rings. The van der Waals surface area contributed by atoms with Gasteiger partial charge in [-0.3, -0.25) is 9.78 Å². The van der Waals surface area contributed by atoms with E-state index < -0.39 is 0 Å². The summed E-state index contributed by atoms with van der Waals surface area (Å²) in [5, 5.41) is 6.11. The van der Waals surface area contributed by atoms with E-state index >= 15 is 0 Å².